The molecule has 4 heteroatoms. The van der Waals surface area contributed by atoms with Crippen LogP contribution in [0.25, 0.3) is 0 Å². The summed E-state index contributed by atoms with van der Waals surface area (Å²) in [5, 5.41) is 1.21. The molecule has 0 radical (unpaired) electrons. The van der Waals surface area contributed by atoms with Gasteiger partial charge in [0, 0.05) is 10.0 Å². The average Bonchev–Trinajstić information content (AvgIpc) is 2.27. The Kier molecular flexibility index (Phi) is 4.48. The Morgan fingerprint density at radius 1 is 0.842 bits per heavy atom. The lowest BCUT2D eigenvalue weighted by Gasteiger charge is -2.18. The van der Waals surface area contributed by atoms with Crippen LogP contribution < -0.4 is 11.3 Å². The first-order valence-electron chi connectivity index (χ1n) is 6.00. The summed E-state index contributed by atoms with van der Waals surface area (Å²) < 4.78 is 0. The van der Waals surface area contributed by atoms with Gasteiger partial charge in [-0.05, 0) is 43.2 Å². The van der Waals surface area contributed by atoms with Crippen molar-refractivity contribution in [2.45, 2.75) is 19.9 Å². The molecule has 0 saturated carbocycles. The van der Waals surface area contributed by atoms with Gasteiger partial charge in [-0.1, -0.05) is 52.5 Å². The van der Waals surface area contributed by atoms with Crippen LogP contribution in [0.4, 0.5) is 0 Å². The molecule has 2 rings (SSSR count). The molecule has 2 aromatic rings. The summed E-state index contributed by atoms with van der Waals surface area (Å²) in [6.45, 7) is 4.13. The summed E-state index contributed by atoms with van der Waals surface area (Å²) in [6.07, 6.45) is 0. The normalized spacial score (nSPS) is 12.5. The van der Waals surface area contributed by atoms with Crippen molar-refractivity contribution in [1.82, 2.24) is 5.43 Å². The SMILES string of the molecule is Cc1cc(C)cc(C(NN)c2cc(Cl)cc(Cl)c2)c1. The zero-order valence-corrected chi connectivity index (χ0v) is 12.4. The Morgan fingerprint density at radius 2 is 1.32 bits per heavy atom. The summed E-state index contributed by atoms with van der Waals surface area (Å²) >= 11 is 12.1. The maximum absolute atomic E-state index is 6.05. The van der Waals surface area contributed by atoms with Crippen molar-refractivity contribution in [3.63, 3.8) is 0 Å². The highest BCUT2D eigenvalue weighted by Gasteiger charge is 2.14. The molecule has 19 heavy (non-hydrogen) atoms. The second kappa shape index (κ2) is 5.93. The monoisotopic (exact) mass is 294 g/mol. The highest BCUT2D eigenvalue weighted by atomic mass is 35.5. The number of rotatable bonds is 3. The van der Waals surface area contributed by atoms with E-state index in [0.29, 0.717) is 10.0 Å². The number of nitrogens with one attached hydrogen (secondary N) is 1. The average molecular weight is 295 g/mol. The van der Waals surface area contributed by atoms with Gasteiger partial charge in [-0.3, -0.25) is 5.84 Å². The predicted octanol–water partition coefficient (Wildman–Crippen LogP) is 4.16. The number of aryl methyl sites for hydroxylation is 2. The van der Waals surface area contributed by atoms with Crippen molar-refractivity contribution in [1.29, 1.82) is 0 Å². The Bertz CT molecular complexity index is 505. The third-order valence-corrected chi connectivity index (χ3v) is 3.40. The first-order chi connectivity index (χ1) is 8.99. The second-order valence-electron chi connectivity index (χ2n) is 4.72. The van der Waals surface area contributed by atoms with Crippen LogP contribution in [0.5, 0.6) is 0 Å². The van der Waals surface area contributed by atoms with Gasteiger partial charge < -0.3 is 0 Å². The van der Waals surface area contributed by atoms with Crippen molar-refractivity contribution >= 4 is 23.2 Å². The highest BCUT2D eigenvalue weighted by Crippen LogP contribution is 2.28. The van der Waals surface area contributed by atoms with Gasteiger partial charge in [0.25, 0.3) is 0 Å². The fourth-order valence-electron chi connectivity index (χ4n) is 2.30. The molecule has 3 N–H and O–H groups in total. The number of halogens is 2. The Labute approximate surface area is 123 Å². The third-order valence-electron chi connectivity index (χ3n) is 2.96. The summed E-state index contributed by atoms with van der Waals surface area (Å²) in [5.74, 6) is 5.70. The molecule has 0 aliphatic heterocycles. The Morgan fingerprint density at radius 3 is 1.79 bits per heavy atom. The summed E-state index contributed by atoms with van der Waals surface area (Å²) in [6, 6.07) is 11.7. The predicted molar refractivity (Wildman–Crippen MR) is 81.5 cm³/mol. The molecule has 2 nitrogen and oxygen atoms in total. The summed E-state index contributed by atoms with van der Waals surface area (Å²) in [7, 11) is 0. The maximum atomic E-state index is 6.05. The number of hydrazine groups is 1. The van der Waals surface area contributed by atoms with Crippen LogP contribution in [-0.4, -0.2) is 0 Å². The van der Waals surface area contributed by atoms with Crippen LogP contribution in [0.15, 0.2) is 36.4 Å². The first-order valence-corrected chi connectivity index (χ1v) is 6.75. The molecule has 0 amide bonds. The molecule has 0 bridgehead atoms. The van der Waals surface area contributed by atoms with Gasteiger partial charge in [-0.25, -0.2) is 5.43 Å². The largest absolute Gasteiger partial charge is 0.271 e. The molecule has 100 valence electrons. The topological polar surface area (TPSA) is 38.0 Å². The van der Waals surface area contributed by atoms with Gasteiger partial charge in [0.15, 0.2) is 0 Å². The number of hydrogen-bond acceptors (Lipinski definition) is 2. The van der Waals surface area contributed by atoms with Crippen LogP contribution in [0.1, 0.15) is 28.3 Å². The van der Waals surface area contributed by atoms with Crippen molar-refractivity contribution < 1.29 is 0 Å². The smallest absolute Gasteiger partial charge is 0.0711 e. The van der Waals surface area contributed by atoms with Crippen LogP contribution >= 0.6 is 23.2 Å². The molecular formula is C15H16Cl2N2. The van der Waals surface area contributed by atoms with E-state index >= 15 is 0 Å². The van der Waals surface area contributed by atoms with E-state index in [2.05, 4.69) is 37.5 Å². The first kappa shape index (κ1) is 14.4. The van der Waals surface area contributed by atoms with Gasteiger partial charge >= 0.3 is 0 Å². The quantitative estimate of drug-likeness (QED) is 0.659. The van der Waals surface area contributed by atoms with Crippen LogP contribution in [-0.2, 0) is 0 Å². The van der Waals surface area contributed by atoms with E-state index in [0.717, 1.165) is 11.1 Å². The van der Waals surface area contributed by atoms with Crippen LogP contribution in [0, 0.1) is 13.8 Å². The minimum absolute atomic E-state index is 0.130. The minimum atomic E-state index is -0.130. The minimum Gasteiger partial charge on any atom is -0.271 e. The van der Waals surface area contributed by atoms with E-state index in [-0.39, 0.29) is 6.04 Å². The molecule has 0 aliphatic carbocycles. The maximum Gasteiger partial charge on any atom is 0.0711 e. The highest BCUT2D eigenvalue weighted by molar-refractivity contribution is 6.34. The second-order valence-corrected chi connectivity index (χ2v) is 5.60. The Hall–Kier alpha value is -1.06. The van der Waals surface area contributed by atoms with Crippen molar-refractivity contribution in [2.75, 3.05) is 0 Å². The van der Waals surface area contributed by atoms with E-state index in [4.69, 9.17) is 29.0 Å². The summed E-state index contributed by atoms with van der Waals surface area (Å²) in [4.78, 5) is 0. The third kappa shape index (κ3) is 3.48. The van der Waals surface area contributed by atoms with Crippen molar-refractivity contribution in [2.24, 2.45) is 5.84 Å². The van der Waals surface area contributed by atoms with Gasteiger partial charge in [0.1, 0.15) is 0 Å². The fourth-order valence-corrected chi connectivity index (χ4v) is 2.85. The number of benzene rings is 2. The van der Waals surface area contributed by atoms with Crippen molar-refractivity contribution in [3.8, 4) is 0 Å². The molecule has 0 aromatic heterocycles. The zero-order chi connectivity index (χ0) is 14.0. The molecule has 0 fully saturated rings. The van der Waals surface area contributed by atoms with E-state index in [1.165, 1.54) is 11.1 Å². The van der Waals surface area contributed by atoms with E-state index in [1.807, 2.05) is 12.1 Å². The zero-order valence-electron chi connectivity index (χ0n) is 10.9. The lowest BCUT2D eigenvalue weighted by atomic mass is 9.96. The van der Waals surface area contributed by atoms with E-state index in [1.54, 1.807) is 6.07 Å². The van der Waals surface area contributed by atoms with E-state index in [9.17, 15) is 0 Å². The van der Waals surface area contributed by atoms with E-state index < -0.39 is 0 Å². The molecule has 0 aliphatic rings. The molecule has 1 atom stereocenters. The van der Waals surface area contributed by atoms with Gasteiger partial charge in [-0.2, -0.15) is 0 Å². The van der Waals surface area contributed by atoms with Gasteiger partial charge in [0.2, 0.25) is 0 Å². The Balaban J connectivity index is 2.49. The summed E-state index contributed by atoms with van der Waals surface area (Å²) in [5.41, 5.74) is 7.27. The molecule has 0 saturated heterocycles. The van der Waals surface area contributed by atoms with Gasteiger partial charge in [0.05, 0.1) is 6.04 Å². The van der Waals surface area contributed by atoms with Crippen molar-refractivity contribution in [3.05, 3.63) is 68.7 Å². The molecule has 0 spiro atoms. The van der Waals surface area contributed by atoms with Crippen LogP contribution in [0.3, 0.4) is 0 Å². The fraction of sp³-hybridized carbons (Fsp3) is 0.200. The standard InChI is InChI=1S/C15H16Cl2N2/c1-9-3-10(2)5-11(4-9)15(19-18)12-6-13(16)8-14(17)7-12/h3-8,15,19H,18H2,1-2H3. The molecule has 2 aromatic carbocycles. The lowest BCUT2D eigenvalue weighted by molar-refractivity contribution is 0.636. The number of hydrogen-bond donors (Lipinski definition) is 2. The number of nitrogens with two attached hydrogens (primary N) is 1. The van der Waals surface area contributed by atoms with Gasteiger partial charge in [-0.15, -0.1) is 0 Å². The molecule has 0 heterocycles. The molecular weight excluding hydrogens is 279 g/mol. The molecule has 1 unspecified atom stereocenters. The van der Waals surface area contributed by atoms with Crippen LogP contribution in [0.2, 0.25) is 10.0 Å². The lowest BCUT2D eigenvalue weighted by Crippen LogP contribution is -2.29.